The smallest absolute Gasteiger partial charge is 0.203 e. The third-order valence-corrected chi connectivity index (χ3v) is 6.63. The molecule has 0 radical (unpaired) electrons. The first-order valence-electron chi connectivity index (χ1n) is 5.02. The summed E-state index contributed by atoms with van der Waals surface area (Å²) in [5, 5.41) is 1.97. The Bertz CT molecular complexity index is 453. The Morgan fingerprint density at radius 1 is 0.882 bits per heavy atom. The summed E-state index contributed by atoms with van der Waals surface area (Å²) in [5.74, 6) is 5.06. The molecule has 2 N–H and O–H groups in total. The van der Waals surface area contributed by atoms with Crippen LogP contribution in [0.2, 0.25) is 0 Å². The number of hydrogen-bond acceptors (Lipinski definition) is 3. The summed E-state index contributed by atoms with van der Waals surface area (Å²) in [6, 6.07) is 19.3. The molecule has 1 atom stereocenters. The Balaban J connectivity index is 2.43. The first kappa shape index (κ1) is 12.4. The van der Waals surface area contributed by atoms with E-state index in [-0.39, 0.29) is 0 Å². The molecule has 0 heterocycles. The molecule has 3 nitrogen and oxygen atoms in total. The van der Waals surface area contributed by atoms with Crippen LogP contribution in [-0.2, 0) is 15.0 Å². The normalized spacial score (nSPS) is 12.6. The second-order valence-corrected chi connectivity index (χ2v) is 7.52. The van der Waals surface area contributed by atoms with Crippen molar-refractivity contribution in [1.29, 1.82) is 0 Å². The van der Waals surface area contributed by atoms with Crippen molar-refractivity contribution in [2.45, 2.75) is 0 Å². The van der Waals surface area contributed by atoms with Crippen LogP contribution >= 0.6 is 7.12 Å². The molecule has 0 aliphatic rings. The van der Waals surface area contributed by atoms with E-state index < -0.39 is 17.8 Å². The maximum atomic E-state index is 11.9. The molecule has 0 aliphatic heterocycles. The van der Waals surface area contributed by atoms with E-state index in [1.807, 2.05) is 60.7 Å². The molecular formula is C12H12NO2PS. The van der Waals surface area contributed by atoms with Crippen LogP contribution in [0.15, 0.2) is 60.7 Å². The fourth-order valence-corrected chi connectivity index (χ4v) is 5.13. The highest BCUT2D eigenvalue weighted by atomic mass is 32.8. The van der Waals surface area contributed by atoms with E-state index in [2.05, 4.69) is 4.28 Å². The SMILES string of the molecule is NOS(=O)P(c1ccccc1)c1ccccc1. The minimum absolute atomic E-state index is 0.984. The number of benzene rings is 2. The predicted octanol–water partition coefficient (Wildman–Crippen LogP) is 1.59. The lowest BCUT2D eigenvalue weighted by molar-refractivity contribution is 0.376. The molecule has 2 aromatic carbocycles. The highest BCUT2D eigenvalue weighted by Gasteiger charge is 2.21. The second kappa shape index (κ2) is 6.03. The maximum absolute atomic E-state index is 11.9. The molecule has 0 saturated carbocycles. The van der Waals surface area contributed by atoms with Crippen molar-refractivity contribution >= 4 is 28.4 Å². The monoisotopic (exact) mass is 265 g/mol. The Hall–Kier alpha value is -1.06. The van der Waals surface area contributed by atoms with Gasteiger partial charge in [0, 0.05) is 0 Å². The van der Waals surface area contributed by atoms with Gasteiger partial charge >= 0.3 is 0 Å². The Labute approximate surface area is 104 Å². The van der Waals surface area contributed by atoms with Gasteiger partial charge in [0.1, 0.15) is 0 Å². The molecule has 17 heavy (non-hydrogen) atoms. The number of rotatable bonds is 4. The summed E-state index contributed by atoms with van der Waals surface area (Å²) in [6.07, 6.45) is 0. The summed E-state index contributed by atoms with van der Waals surface area (Å²) in [5.41, 5.74) is 0. The number of nitrogens with two attached hydrogens (primary N) is 1. The lowest BCUT2D eigenvalue weighted by Gasteiger charge is -2.15. The highest BCUT2D eigenvalue weighted by Crippen LogP contribution is 2.37. The van der Waals surface area contributed by atoms with Crippen molar-refractivity contribution in [2.24, 2.45) is 5.90 Å². The topological polar surface area (TPSA) is 52.3 Å². The highest BCUT2D eigenvalue weighted by molar-refractivity contribution is 8.49. The van der Waals surface area contributed by atoms with Crippen molar-refractivity contribution in [3.05, 3.63) is 60.7 Å². The molecular weight excluding hydrogens is 253 g/mol. The lowest BCUT2D eigenvalue weighted by Crippen LogP contribution is -2.17. The van der Waals surface area contributed by atoms with Crippen LogP contribution in [-0.4, -0.2) is 4.21 Å². The van der Waals surface area contributed by atoms with Gasteiger partial charge in [-0.1, -0.05) is 60.7 Å². The van der Waals surface area contributed by atoms with Crippen LogP contribution in [0.25, 0.3) is 0 Å². The second-order valence-electron chi connectivity index (χ2n) is 3.28. The molecule has 0 aliphatic carbocycles. The minimum atomic E-state index is -1.52. The van der Waals surface area contributed by atoms with Gasteiger partial charge in [-0.25, -0.2) is 4.21 Å². The van der Waals surface area contributed by atoms with Crippen LogP contribution in [0, 0.1) is 0 Å². The van der Waals surface area contributed by atoms with E-state index >= 15 is 0 Å². The zero-order chi connectivity index (χ0) is 12.1. The molecule has 0 amide bonds. The average Bonchev–Trinajstić information content (AvgIpc) is 2.41. The van der Waals surface area contributed by atoms with Crippen molar-refractivity contribution < 1.29 is 8.49 Å². The van der Waals surface area contributed by atoms with Gasteiger partial charge in [-0.15, -0.1) is 0 Å². The minimum Gasteiger partial charge on any atom is -0.223 e. The summed E-state index contributed by atoms with van der Waals surface area (Å²) in [6.45, 7) is 0. The van der Waals surface area contributed by atoms with E-state index in [1.165, 1.54) is 0 Å². The lowest BCUT2D eigenvalue weighted by atomic mass is 10.4. The van der Waals surface area contributed by atoms with E-state index in [0.717, 1.165) is 10.6 Å². The molecule has 0 saturated heterocycles. The molecule has 5 heteroatoms. The quantitative estimate of drug-likeness (QED) is 0.674. The Kier molecular flexibility index (Phi) is 4.40. The van der Waals surface area contributed by atoms with Crippen LogP contribution in [0.5, 0.6) is 0 Å². The van der Waals surface area contributed by atoms with E-state index in [9.17, 15) is 4.21 Å². The van der Waals surface area contributed by atoms with Crippen LogP contribution in [0.3, 0.4) is 0 Å². The Morgan fingerprint density at radius 2 is 1.29 bits per heavy atom. The molecule has 0 aromatic heterocycles. The van der Waals surface area contributed by atoms with Crippen LogP contribution in [0.4, 0.5) is 0 Å². The van der Waals surface area contributed by atoms with Gasteiger partial charge in [0.25, 0.3) is 0 Å². The van der Waals surface area contributed by atoms with Gasteiger partial charge in [0.2, 0.25) is 10.7 Å². The standard InChI is InChI=1S/C12H12NO2PS/c13-15-17(14)16(11-7-3-1-4-8-11)12-9-5-2-6-10-12/h1-10H,13H2. The molecule has 0 fully saturated rings. The van der Waals surface area contributed by atoms with Crippen LogP contribution in [0.1, 0.15) is 0 Å². The largest absolute Gasteiger partial charge is 0.223 e. The van der Waals surface area contributed by atoms with E-state index in [0.29, 0.717) is 0 Å². The van der Waals surface area contributed by atoms with E-state index in [1.54, 1.807) is 0 Å². The fraction of sp³-hybridized carbons (Fsp3) is 0. The molecule has 1 unspecified atom stereocenters. The Morgan fingerprint density at radius 3 is 1.65 bits per heavy atom. The summed E-state index contributed by atoms with van der Waals surface area (Å²) in [4.78, 5) is 0. The zero-order valence-electron chi connectivity index (χ0n) is 9.02. The van der Waals surface area contributed by atoms with Gasteiger partial charge in [-0.05, 0) is 10.6 Å². The summed E-state index contributed by atoms with van der Waals surface area (Å²) in [7, 11) is -2.61. The first-order valence-corrected chi connectivity index (χ1v) is 8.04. The molecule has 88 valence electrons. The molecule has 2 rings (SSSR count). The predicted molar refractivity (Wildman–Crippen MR) is 72.5 cm³/mol. The third-order valence-electron chi connectivity index (χ3n) is 2.21. The number of hydrogen-bond donors (Lipinski definition) is 1. The van der Waals surface area contributed by atoms with Gasteiger partial charge in [0.05, 0.1) is 7.12 Å². The molecule has 2 aromatic rings. The van der Waals surface area contributed by atoms with Gasteiger partial charge in [0.15, 0.2) is 0 Å². The molecule has 0 bridgehead atoms. The van der Waals surface area contributed by atoms with Gasteiger partial charge in [-0.2, -0.15) is 10.2 Å². The maximum Gasteiger partial charge on any atom is 0.203 e. The molecule has 0 spiro atoms. The van der Waals surface area contributed by atoms with Crippen molar-refractivity contribution in [2.75, 3.05) is 0 Å². The van der Waals surface area contributed by atoms with Gasteiger partial charge in [-0.3, -0.25) is 0 Å². The van der Waals surface area contributed by atoms with Crippen molar-refractivity contribution in [3.63, 3.8) is 0 Å². The van der Waals surface area contributed by atoms with Gasteiger partial charge < -0.3 is 0 Å². The van der Waals surface area contributed by atoms with Crippen molar-refractivity contribution in [1.82, 2.24) is 0 Å². The van der Waals surface area contributed by atoms with E-state index in [4.69, 9.17) is 5.90 Å². The summed E-state index contributed by atoms with van der Waals surface area (Å²) < 4.78 is 16.4. The zero-order valence-corrected chi connectivity index (χ0v) is 10.7. The summed E-state index contributed by atoms with van der Waals surface area (Å²) >= 11 is 0. The average molecular weight is 265 g/mol. The first-order chi connectivity index (χ1) is 8.33. The fourth-order valence-electron chi connectivity index (χ4n) is 1.49. The van der Waals surface area contributed by atoms with Crippen LogP contribution < -0.4 is 16.5 Å². The van der Waals surface area contributed by atoms with Crippen molar-refractivity contribution in [3.8, 4) is 0 Å². The third kappa shape index (κ3) is 2.99.